The van der Waals surface area contributed by atoms with Gasteiger partial charge in [-0.15, -0.1) is 0 Å². The fourth-order valence-electron chi connectivity index (χ4n) is 0.180. The first-order valence-electron chi connectivity index (χ1n) is 2.23. The van der Waals surface area contributed by atoms with Gasteiger partial charge in [0.15, 0.2) is 24.2 Å². The van der Waals surface area contributed by atoms with E-state index in [0.717, 1.165) is 0 Å². The van der Waals surface area contributed by atoms with Gasteiger partial charge in [0.05, 0.1) is 0 Å². The van der Waals surface area contributed by atoms with Crippen LogP contribution in [0.4, 0.5) is 0 Å². The molecule has 0 rings (SSSR count). The standard InChI is InChI=1S/C3H10O4P2.W.Y/c1-5-9(2)7-3-6-8-4;;/h4,8H,3H2,1-2H3;;. The Balaban J connectivity index is -0.000000320. The number of hydrogen-bond acceptors (Lipinski definition) is 4. The van der Waals surface area contributed by atoms with E-state index in [4.69, 9.17) is 13.9 Å². The zero-order valence-corrected chi connectivity index (χ0v) is 14.0. The maximum absolute atomic E-state index is 8.14. The second kappa shape index (κ2) is 15.0. The van der Waals surface area contributed by atoms with Gasteiger partial charge in [-0.25, -0.2) is 0 Å². The summed E-state index contributed by atoms with van der Waals surface area (Å²) < 4.78 is 14.2. The molecule has 0 aromatic rings. The van der Waals surface area contributed by atoms with Crippen LogP contribution in [0.15, 0.2) is 0 Å². The van der Waals surface area contributed by atoms with Gasteiger partial charge < -0.3 is 18.5 Å². The molecule has 2 atom stereocenters. The summed E-state index contributed by atoms with van der Waals surface area (Å²) in [6.45, 7) is 1.91. The molecule has 0 saturated carbocycles. The summed E-state index contributed by atoms with van der Waals surface area (Å²) >= 11 is 0. The van der Waals surface area contributed by atoms with Crippen molar-refractivity contribution in [1.29, 1.82) is 0 Å². The Hall–Kier alpha value is 2.49. The molecule has 0 aliphatic rings. The predicted octanol–water partition coefficient (Wildman–Crippen LogP) is 1.06. The van der Waals surface area contributed by atoms with Crippen LogP contribution in [0.2, 0.25) is 0 Å². The van der Waals surface area contributed by atoms with Crippen LogP contribution in [0.1, 0.15) is 0 Å². The SMILES string of the molecule is COP(C)OCOPO.[W].[Y]. The van der Waals surface area contributed by atoms with Crippen LogP contribution in [0.25, 0.3) is 0 Å². The van der Waals surface area contributed by atoms with Gasteiger partial charge in [-0.2, -0.15) is 0 Å². The first-order valence-corrected chi connectivity index (χ1v) is 4.71. The Morgan fingerprint density at radius 1 is 1.55 bits per heavy atom. The quantitative estimate of drug-likeness (QED) is 0.391. The van der Waals surface area contributed by atoms with Crippen LogP contribution in [0.5, 0.6) is 0 Å². The number of hydrogen-bond donors (Lipinski definition) is 1. The predicted molar refractivity (Wildman–Crippen MR) is 37.4 cm³/mol. The smallest absolute Gasteiger partial charge is 0.169 e. The maximum Gasteiger partial charge on any atom is 0.169 e. The Bertz CT molecular complexity index is 71.3. The van der Waals surface area contributed by atoms with Crippen molar-refractivity contribution in [3.63, 3.8) is 0 Å². The van der Waals surface area contributed by atoms with Crippen molar-refractivity contribution in [3.05, 3.63) is 0 Å². The van der Waals surface area contributed by atoms with Gasteiger partial charge in [-0.3, -0.25) is 0 Å². The Morgan fingerprint density at radius 2 is 2.09 bits per heavy atom. The molecule has 8 heteroatoms. The van der Waals surface area contributed by atoms with E-state index in [0.29, 0.717) is 0 Å². The van der Waals surface area contributed by atoms with Gasteiger partial charge in [0.1, 0.15) is 0 Å². The normalized spacial score (nSPS) is 12.3. The molecule has 1 N–H and O–H groups in total. The fourth-order valence-corrected chi connectivity index (χ4v) is 0.697. The fraction of sp³-hybridized carbons (Fsp3) is 1.00. The van der Waals surface area contributed by atoms with Crippen molar-refractivity contribution in [2.24, 2.45) is 0 Å². The summed E-state index contributed by atoms with van der Waals surface area (Å²) in [4.78, 5) is 8.14. The average molecular weight is 445 g/mol. The van der Waals surface area contributed by atoms with Crippen LogP contribution in [-0.4, -0.2) is 25.5 Å². The van der Waals surface area contributed by atoms with E-state index in [1.165, 1.54) is 0 Å². The molecule has 4 nitrogen and oxygen atoms in total. The molecule has 0 saturated heterocycles. The molecule has 2 unspecified atom stereocenters. The van der Waals surface area contributed by atoms with Crippen LogP contribution in [0.3, 0.4) is 0 Å². The summed E-state index contributed by atoms with van der Waals surface area (Å²) in [6.07, 6.45) is 0. The minimum atomic E-state index is -0.822. The third-order valence-corrected chi connectivity index (χ3v) is 1.85. The molecule has 0 amide bonds. The summed E-state index contributed by atoms with van der Waals surface area (Å²) in [6, 6.07) is 0. The van der Waals surface area contributed by atoms with Crippen molar-refractivity contribution in [1.82, 2.24) is 0 Å². The zero-order chi connectivity index (χ0) is 7.11. The van der Waals surface area contributed by atoms with Gasteiger partial charge in [0.25, 0.3) is 0 Å². The van der Waals surface area contributed by atoms with Gasteiger partial charge in [0, 0.05) is 67.5 Å². The van der Waals surface area contributed by atoms with E-state index in [-0.39, 0.29) is 60.6 Å². The molecule has 0 fully saturated rings. The first-order chi connectivity index (χ1) is 4.31. The molecule has 0 aromatic carbocycles. The van der Waals surface area contributed by atoms with E-state index in [9.17, 15) is 0 Å². The molecular weight excluding hydrogens is 435 g/mol. The monoisotopic (exact) mass is 445 g/mol. The summed E-state index contributed by atoms with van der Waals surface area (Å²) in [5, 5.41) is 0. The van der Waals surface area contributed by atoms with Gasteiger partial charge in [-0.1, -0.05) is 0 Å². The van der Waals surface area contributed by atoms with E-state index in [1.54, 1.807) is 13.8 Å². The molecule has 1 radical (unpaired) electrons. The molecular formula is C3H10O4P2WY. The largest absolute Gasteiger partial charge is 0.352 e. The van der Waals surface area contributed by atoms with Crippen molar-refractivity contribution >= 4 is 17.4 Å². The minimum absolute atomic E-state index is 0. The van der Waals surface area contributed by atoms with Crippen LogP contribution < -0.4 is 0 Å². The molecule has 11 heavy (non-hydrogen) atoms. The third kappa shape index (κ3) is 15.3. The Kier molecular flexibility index (Phi) is 26.1. The average Bonchev–Trinajstić information content (AvgIpc) is 1.89. The molecule has 65 valence electrons. The Morgan fingerprint density at radius 3 is 2.45 bits per heavy atom. The second-order valence-corrected chi connectivity index (χ2v) is 3.08. The minimum Gasteiger partial charge on any atom is -0.352 e. The van der Waals surface area contributed by atoms with Crippen molar-refractivity contribution in [2.45, 2.75) is 0 Å². The van der Waals surface area contributed by atoms with E-state index >= 15 is 0 Å². The summed E-state index contributed by atoms with van der Waals surface area (Å²) in [7, 11) is 0.229. The van der Waals surface area contributed by atoms with Gasteiger partial charge in [0.2, 0.25) is 0 Å². The first kappa shape index (κ1) is 19.1. The summed E-state index contributed by atoms with van der Waals surface area (Å²) in [5.41, 5.74) is 0. The van der Waals surface area contributed by atoms with E-state index in [2.05, 4.69) is 4.52 Å². The maximum atomic E-state index is 8.14. The molecule has 0 heterocycles. The van der Waals surface area contributed by atoms with Crippen molar-refractivity contribution < 1.29 is 72.2 Å². The van der Waals surface area contributed by atoms with E-state index < -0.39 is 17.4 Å². The van der Waals surface area contributed by atoms with E-state index in [1.807, 2.05) is 0 Å². The Labute approximate surface area is 109 Å². The number of rotatable bonds is 5. The molecule has 0 spiro atoms. The second-order valence-electron chi connectivity index (χ2n) is 1.10. The van der Waals surface area contributed by atoms with Crippen LogP contribution in [0, 0.1) is 0 Å². The van der Waals surface area contributed by atoms with Crippen molar-refractivity contribution in [3.8, 4) is 0 Å². The van der Waals surface area contributed by atoms with Gasteiger partial charge in [-0.05, 0) is 0 Å². The third-order valence-electron chi connectivity index (χ3n) is 0.615. The van der Waals surface area contributed by atoms with Gasteiger partial charge >= 0.3 is 0 Å². The molecule has 0 aliphatic heterocycles. The molecule has 0 aromatic heterocycles. The molecule has 0 aliphatic carbocycles. The van der Waals surface area contributed by atoms with Crippen LogP contribution in [-0.2, 0) is 67.3 Å². The topological polar surface area (TPSA) is 47.9 Å². The van der Waals surface area contributed by atoms with Crippen LogP contribution >= 0.6 is 17.4 Å². The molecule has 0 bridgehead atoms. The zero-order valence-electron chi connectivity index (χ0n) is 6.31. The van der Waals surface area contributed by atoms with Crippen molar-refractivity contribution in [2.75, 3.05) is 20.6 Å². The summed E-state index contributed by atoms with van der Waals surface area (Å²) in [5.74, 6) is 0.